The summed E-state index contributed by atoms with van der Waals surface area (Å²) in [6.07, 6.45) is 3.13. The van der Waals surface area contributed by atoms with Gasteiger partial charge in [0.15, 0.2) is 6.61 Å². The fourth-order valence-corrected chi connectivity index (χ4v) is 3.44. The molecule has 7 heteroatoms. The number of ether oxygens (including phenoxy) is 1. The van der Waals surface area contributed by atoms with Crippen molar-refractivity contribution in [2.45, 2.75) is 6.54 Å². The van der Waals surface area contributed by atoms with Crippen molar-refractivity contribution in [1.82, 2.24) is 0 Å². The molecule has 4 rings (SSSR count). The summed E-state index contributed by atoms with van der Waals surface area (Å²) in [7, 11) is 0. The lowest BCUT2D eigenvalue weighted by molar-refractivity contribution is -0.121. The Balaban J connectivity index is 1.56. The maximum atomic E-state index is 14.3. The number of fused-ring (bicyclic) bond motifs is 1. The first kappa shape index (κ1) is 20.6. The minimum absolute atomic E-state index is 0.0496. The number of hydrogen-bond donors (Lipinski definition) is 1. The highest BCUT2D eigenvalue weighted by atomic mass is 35.5. The third-order valence-corrected chi connectivity index (χ3v) is 5.13. The number of nitrogens with one attached hydrogen (secondary N) is 1. The number of carbonyl (C=O) groups excluding carboxylic acids is 2. The van der Waals surface area contributed by atoms with E-state index in [1.165, 1.54) is 23.1 Å². The van der Waals surface area contributed by atoms with E-state index in [4.69, 9.17) is 16.3 Å². The number of rotatable bonds is 5. The van der Waals surface area contributed by atoms with Gasteiger partial charge >= 0.3 is 0 Å². The lowest BCUT2D eigenvalue weighted by Gasteiger charge is -2.30. The van der Waals surface area contributed by atoms with Gasteiger partial charge in [-0.15, -0.1) is 0 Å². The molecular formula is C24H18ClFN2O3. The topological polar surface area (TPSA) is 58.6 Å². The standard InChI is InChI=1S/C24H18ClFN2O3/c25-19-7-4-8-20(26)18(19)14-28-21-13-17(10-11-22(21)31-15-24(28)30)27-23(29)12-9-16-5-2-1-3-6-16/h1-13H,14-15H2,(H,27,29)/b12-9+. The zero-order valence-corrected chi connectivity index (χ0v) is 17.1. The zero-order valence-electron chi connectivity index (χ0n) is 16.3. The van der Waals surface area contributed by atoms with Gasteiger partial charge in [-0.3, -0.25) is 9.59 Å². The van der Waals surface area contributed by atoms with Gasteiger partial charge in [-0.05, 0) is 42.0 Å². The molecule has 0 atom stereocenters. The molecule has 1 aliphatic rings. The highest BCUT2D eigenvalue weighted by molar-refractivity contribution is 6.31. The minimum Gasteiger partial charge on any atom is -0.482 e. The molecule has 0 aromatic heterocycles. The Morgan fingerprint density at radius 2 is 1.94 bits per heavy atom. The summed E-state index contributed by atoms with van der Waals surface area (Å²) in [4.78, 5) is 26.2. The van der Waals surface area contributed by atoms with Gasteiger partial charge < -0.3 is 15.0 Å². The second-order valence-electron chi connectivity index (χ2n) is 6.88. The van der Waals surface area contributed by atoms with Crippen LogP contribution in [0.3, 0.4) is 0 Å². The van der Waals surface area contributed by atoms with E-state index in [1.54, 1.807) is 30.3 Å². The molecule has 2 amide bonds. The molecule has 1 N–H and O–H groups in total. The molecule has 31 heavy (non-hydrogen) atoms. The third kappa shape index (κ3) is 4.75. The van der Waals surface area contributed by atoms with Crippen molar-refractivity contribution in [2.24, 2.45) is 0 Å². The van der Waals surface area contributed by atoms with E-state index in [1.807, 2.05) is 30.3 Å². The summed E-state index contributed by atoms with van der Waals surface area (Å²) in [5.74, 6) is -0.691. The Morgan fingerprint density at radius 1 is 1.13 bits per heavy atom. The first-order valence-corrected chi connectivity index (χ1v) is 9.93. The zero-order chi connectivity index (χ0) is 21.8. The summed E-state index contributed by atoms with van der Waals surface area (Å²) >= 11 is 6.14. The molecule has 3 aromatic carbocycles. The SMILES string of the molecule is O=C(/C=C/c1ccccc1)Nc1ccc2c(c1)N(Cc1c(F)cccc1Cl)C(=O)CO2. The maximum absolute atomic E-state index is 14.3. The lowest BCUT2D eigenvalue weighted by atomic mass is 10.1. The van der Waals surface area contributed by atoms with Crippen LogP contribution in [0.1, 0.15) is 11.1 Å². The van der Waals surface area contributed by atoms with Gasteiger partial charge in [0.25, 0.3) is 5.91 Å². The van der Waals surface area contributed by atoms with E-state index < -0.39 is 5.82 Å². The Morgan fingerprint density at radius 3 is 2.71 bits per heavy atom. The van der Waals surface area contributed by atoms with Crippen LogP contribution in [0.5, 0.6) is 5.75 Å². The number of amides is 2. The molecule has 1 aliphatic heterocycles. The van der Waals surface area contributed by atoms with E-state index in [0.29, 0.717) is 17.1 Å². The molecule has 0 saturated carbocycles. The summed E-state index contributed by atoms with van der Waals surface area (Å²) < 4.78 is 19.8. The average molecular weight is 437 g/mol. The number of benzene rings is 3. The monoisotopic (exact) mass is 436 g/mol. The molecule has 0 saturated heterocycles. The van der Waals surface area contributed by atoms with Crippen molar-refractivity contribution >= 4 is 40.9 Å². The number of hydrogen-bond acceptors (Lipinski definition) is 3. The molecule has 0 fully saturated rings. The Kier molecular flexibility index (Phi) is 6.00. The molecule has 3 aromatic rings. The van der Waals surface area contributed by atoms with E-state index in [-0.39, 0.29) is 35.6 Å². The molecule has 1 heterocycles. The predicted octanol–water partition coefficient (Wildman–Crippen LogP) is 5.06. The quantitative estimate of drug-likeness (QED) is 0.569. The van der Waals surface area contributed by atoms with Crippen LogP contribution >= 0.6 is 11.6 Å². The summed E-state index contributed by atoms with van der Waals surface area (Å²) in [5.41, 5.74) is 2.02. The van der Waals surface area contributed by atoms with Gasteiger partial charge in [-0.25, -0.2) is 4.39 Å². The normalized spacial score (nSPS) is 13.1. The van der Waals surface area contributed by atoms with Crippen LogP contribution in [0.25, 0.3) is 6.08 Å². The lowest BCUT2D eigenvalue weighted by Crippen LogP contribution is -2.38. The van der Waals surface area contributed by atoms with Crippen LogP contribution in [-0.4, -0.2) is 18.4 Å². The van der Waals surface area contributed by atoms with Crippen LogP contribution in [0, 0.1) is 5.82 Å². The second-order valence-corrected chi connectivity index (χ2v) is 7.29. The van der Waals surface area contributed by atoms with Gasteiger partial charge in [0.1, 0.15) is 11.6 Å². The number of carbonyl (C=O) groups is 2. The third-order valence-electron chi connectivity index (χ3n) is 4.77. The highest BCUT2D eigenvalue weighted by Crippen LogP contribution is 2.36. The summed E-state index contributed by atoms with van der Waals surface area (Å²) in [6, 6.07) is 18.8. The maximum Gasteiger partial charge on any atom is 0.265 e. The molecule has 0 spiro atoms. The second kappa shape index (κ2) is 9.02. The van der Waals surface area contributed by atoms with Gasteiger partial charge in [-0.1, -0.05) is 48.0 Å². The van der Waals surface area contributed by atoms with Crippen LogP contribution in [-0.2, 0) is 16.1 Å². The Labute approximate surface area is 183 Å². The molecule has 0 bridgehead atoms. The highest BCUT2D eigenvalue weighted by Gasteiger charge is 2.27. The van der Waals surface area contributed by atoms with Gasteiger partial charge in [0.05, 0.1) is 12.2 Å². The van der Waals surface area contributed by atoms with Crippen molar-refractivity contribution in [3.63, 3.8) is 0 Å². The van der Waals surface area contributed by atoms with Gasteiger partial charge in [0, 0.05) is 22.3 Å². The largest absolute Gasteiger partial charge is 0.482 e. The smallest absolute Gasteiger partial charge is 0.265 e. The van der Waals surface area contributed by atoms with E-state index in [9.17, 15) is 14.0 Å². The summed E-state index contributed by atoms with van der Waals surface area (Å²) in [6.45, 7) is -0.212. The van der Waals surface area contributed by atoms with E-state index in [2.05, 4.69) is 5.32 Å². The predicted molar refractivity (Wildman–Crippen MR) is 119 cm³/mol. The fraction of sp³-hybridized carbons (Fsp3) is 0.0833. The first-order chi connectivity index (χ1) is 15.0. The molecule has 5 nitrogen and oxygen atoms in total. The minimum atomic E-state index is -0.496. The molecule has 0 aliphatic carbocycles. The number of nitrogens with zero attached hydrogens (tertiary/aromatic N) is 1. The van der Waals surface area contributed by atoms with Gasteiger partial charge in [-0.2, -0.15) is 0 Å². The van der Waals surface area contributed by atoms with E-state index >= 15 is 0 Å². The van der Waals surface area contributed by atoms with Crippen molar-refractivity contribution in [3.8, 4) is 5.75 Å². The average Bonchev–Trinajstić information content (AvgIpc) is 2.77. The van der Waals surface area contributed by atoms with Crippen molar-refractivity contribution in [3.05, 3.63) is 94.8 Å². The van der Waals surface area contributed by atoms with Crippen molar-refractivity contribution in [2.75, 3.05) is 16.8 Å². The van der Waals surface area contributed by atoms with Crippen LogP contribution in [0.15, 0.2) is 72.8 Å². The Bertz CT molecular complexity index is 1140. The van der Waals surface area contributed by atoms with Crippen molar-refractivity contribution < 1.29 is 18.7 Å². The van der Waals surface area contributed by atoms with Crippen LogP contribution in [0.2, 0.25) is 5.02 Å². The fourth-order valence-electron chi connectivity index (χ4n) is 3.21. The van der Waals surface area contributed by atoms with Gasteiger partial charge in [0.2, 0.25) is 5.91 Å². The first-order valence-electron chi connectivity index (χ1n) is 9.55. The molecule has 0 unspecified atom stereocenters. The molecule has 0 radical (unpaired) electrons. The van der Waals surface area contributed by atoms with Crippen LogP contribution < -0.4 is 15.0 Å². The number of anilines is 2. The number of halogens is 2. The van der Waals surface area contributed by atoms with Crippen LogP contribution in [0.4, 0.5) is 15.8 Å². The summed E-state index contributed by atoms with van der Waals surface area (Å²) in [5, 5.41) is 3.00. The van der Waals surface area contributed by atoms with E-state index in [0.717, 1.165) is 5.56 Å². The molecular weight excluding hydrogens is 419 g/mol. The van der Waals surface area contributed by atoms with Crippen molar-refractivity contribution in [1.29, 1.82) is 0 Å². The molecule has 156 valence electrons. The Hall–Kier alpha value is -3.64.